The van der Waals surface area contributed by atoms with Crippen molar-refractivity contribution in [1.29, 1.82) is 0 Å². The van der Waals surface area contributed by atoms with E-state index in [-0.39, 0.29) is 0 Å². The number of likely N-dealkylation sites (tertiary alicyclic amines) is 1. The van der Waals surface area contributed by atoms with Crippen molar-refractivity contribution in [3.05, 3.63) is 90.5 Å². The van der Waals surface area contributed by atoms with Gasteiger partial charge in [0.25, 0.3) is 0 Å². The third kappa shape index (κ3) is 3.50. The molecule has 2 saturated heterocycles. The highest BCUT2D eigenvalue weighted by Gasteiger charge is 2.48. The molecule has 0 bridgehead atoms. The smallest absolute Gasteiger partial charge is 0.243 e. The van der Waals surface area contributed by atoms with E-state index in [4.69, 9.17) is 0 Å². The number of nitrogens with zero attached hydrogens (tertiary/aromatic N) is 2. The lowest BCUT2D eigenvalue weighted by Crippen LogP contribution is -2.54. The summed E-state index contributed by atoms with van der Waals surface area (Å²) in [5, 5.41) is 0. The van der Waals surface area contributed by atoms with Crippen LogP contribution in [0, 0.1) is 5.92 Å². The molecule has 0 spiro atoms. The highest BCUT2D eigenvalue weighted by atomic mass is 32.2. The summed E-state index contributed by atoms with van der Waals surface area (Å²) < 4.78 is 27.5. The van der Waals surface area contributed by atoms with Gasteiger partial charge in [-0.1, -0.05) is 72.8 Å². The van der Waals surface area contributed by atoms with Crippen molar-refractivity contribution >= 4 is 10.0 Å². The van der Waals surface area contributed by atoms with E-state index in [9.17, 15) is 8.42 Å². The SMILES string of the molecule is O=S(=O)(c1ccccc1)N1CC2CN(Cc3ccc(-c4ccccc4)cc3)C2C1. The van der Waals surface area contributed by atoms with E-state index in [0.717, 1.165) is 13.1 Å². The van der Waals surface area contributed by atoms with Gasteiger partial charge in [-0.25, -0.2) is 8.42 Å². The Labute approximate surface area is 172 Å². The van der Waals surface area contributed by atoms with E-state index < -0.39 is 10.0 Å². The minimum atomic E-state index is -3.39. The molecule has 3 aromatic rings. The standard InChI is InChI=1S/C24H24N2O2S/c27-29(28,23-9-5-2-6-10-23)26-17-22-16-25(24(22)18-26)15-19-11-13-21(14-12-19)20-7-3-1-4-8-20/h1-14,22,24H,15-18H2. The van der Waals surface area contributed by atoms with Crippen molar-refractivity contribution in [1.82, 2.24) is 9.21 Å². The van der Waals surface area contributed by atoms with E-state index in [1.807, 2.05) is 12.1 Å². The zero-order valence-corrected chi connectivity index (χ0v) is 17.0. The summed E-state index contributed by atoms with van der Waals surface area (Å²) in [5.41, 5.74) is 3.71. The van der Waals surface area contributed by atoms with E-state index in [0.29, 0.717) is 29.9 Å². The van der Waals surface area contributed by atoms with Crippen LogP contribution in [-0.2, 0) is 16.6 Å². The summed E-state index contributed by atoms with van der Waals surface area (Å²) in [6, 6.07) is 28.2. The Morgan fingerprint density at radius 2 is 1.34 bits per heavy atom. The van der Waals surface area contributed by atoms with Crippen molar-refractivity contribution in [2.75, 3.05) is 19.6 Å². The highest BCUT2D eigenvalue weighted by Crippen LogP contribution is 2.36. The molecule has 0 radical (unpaired) electrons. The van der Waals surface area contributed by atoms with Crippen LogP contribution in [0.2, 0.25) is 0 Å². The number of hydrogen-bond acceptors (Lipinski definition) is 3. The van der Waals surface area contributed by atoms with Gasteiger partial charge in [0.2, 0.25) is 10.0 Å². The number of rotatable bonds is 5. The molecule has 5 heteroatoms. The van der Waals surface area contributed by atoms with Crippen LogP contribution in [-0.4, -0.2) is 43.3 Å². The van der Waals surface area contributed by atoms with Crippen LogP contribution < -0.4 is 0 Å². The molecule has 5 rings (SSSR count). The second kappa shape index (κ2) is 7.41. The van der Waals surface area contributed by atoms with Crippen LogP contribution in [0.25, 0.3) is 11.1 Å². The van der Waals surface area contributed by atoms with Crippen LogP contribution in [0.3, 0.4) is 0 Å². The van der Waals surface area contributed by atoms with E-state index in [2.05, 4.69) is 53.4 Å². The molecular formula is C24H24N2O2S. The second-order valence-corrected chi connectivity index (χ2v) is 9.89. The second-order valence-electron chi connectivity index (χ2n) is 7.95. The molecule has 0 amide bonds. The van der Waals surface area contributed by atoms with Gasteiger partial charge in [-0.2, -0.15) is 4.31 Å². The molecule has 2 unspecified atom stereocenters. The minimum absolute atomic E-state index is 0.322. The summed E-state index contributed by atoms with van der Waals surface area (Å²) in [6.07, 6.45) is 0. The van der Waals surface area contributed by atoms with E-state index in [1.54, 1.807) is 28.6 Å². The Bertz CT molecular complexity index is 1080. The van der Waals surface area contributed by atoms with Crippen molar-refractivity contribution in [2.24, 2.45) is 5.92 Å². The Morgan fingerprint density at radius 3 is 2.03 bits per heavy atom. The van der Waals surface area contributed by atoms with Gasteiger partial charge in [-0.3, -0.25) is 4.90 Å². The third-order valence-corrected chi connectivity index (χ3v) is 7.98. The van der Waals surface area contributed by atoms with Gasteiger partial charge in [0.15, 0.2) is 0 Å². The lowest BCUT2D eigenvalue weighted by Gasteiger charge is -2.43. The number of fused-ring (bicyclic) bond motifs is 1. The van der Waals surface area contributed by atoms with Crippen molar-refractivity contribution < 1.29 is 8.42 Å². The number of benzene rings is 3. The van der Waals surface area contributed by atoms with Gasteiger partial charge in [0, 0.05) is 38.1 Å². The molecule has 0 N–H and O–H groups in total. The molecule has 0 aliphatic carbocycles. The Kier molecular flexibility index (Phi) is 4.74. The van der Waals surface area contributed by atoms with Gasteiger partial charge in [0.05, 0.1) is 4.90 Å². The normalized spacial score (nSPS) is 22.2. The van der Waals surface area contributed by atoms with E-state index >= 15 is 0 Å². The first-order chi connectivity index (χ1) is 14.1. The molecule has 3 aromatic carbocycles. The first-order valence-electron chi connectivity index (χ1n) is 10.0. The van der Waals surface area contributed by atoms with Crippen molar-refractivity contribution in [3.8, 4) is 11.1 Å². The minimum Gasteiger partial charge on any atom is -0.294 e. The molecule has 0 aromatic heterocycles. The zero-order chi connectivity index (χ0) is 19.8. The first-order valence-corrected chi connectivity index (χ1v) is 11.5. The Hall–Kier alpha value is -2.47. The first kappa shape index (κ1) is 18.6. The van der Waals surface area contributed by atoms with Gasteiger partial charge in [0.1, 0.15) is 0 Å². The Balaban J connectivity index is 1.24. The topological polar surface area (TPSA) is 40.6 Å². The molecule has 29 heavy (non-hydrogen) atoms. The predicted molar refractivity (Wildman–Crippen MR) is 115 cm³/mol. The summed E-state index contributed by atoms with van der Waals surface area (Å²) in [7, 11) is -3.39. The van der Waals surface area contributed by atoms with Crippen LogP contribution in [0.1, 0.15) is 5.56 Å². The molecule has 2 aliphatic heterocycles. The lowest BCUT2D eigenvalue weighted by molar-refractivity contribution is 0.0435. The molecule has 2 heterocycles. The fourth-order valence-corrected chi connectivity index (χ4v) is 6.03. The molecular weight excluding hydrogens is 380 g/mol. The largest absolute Gasteiger partial charge is 0.294 e. The van der Waals surface area contributed by atoms with Gasteiger partial charge in [-0.05, 0) is 28.8 Å². The molecule has 2 fully saturated rings. The third-order valence-electron chi connectivity index (χ3n) is 6.14. The van der Waals surface area contributed by atoms with Crippen LogP contribution in [0.4, 0.5) is 0 Å². The van der Waals surface area contributed by atoms with Gasteiger partial charge in [-0.15, -0.1) is 0 Å². The van der Waals surface area contributed by atoms with Gasteiger partial charge < -0.3 is 0 Å². The maximum atomic E-state index is 12.9. The van der Waals surface area contributed by atoms with Crippen LogP contribution in [0.5, 0.6) is 0 Å². The fraction of sp³-hybridized carbons (Fsp3) is 0.250. The molecule has 4 nitrogen and oxygen atoms in total. The summed E-state index contributed by atoms with van der Waals surface area (Å²) in [6.45, 7) is 3.05. The van der Waals surface area contributed by atoms with Crippen molar-refractivity contribution in [2.45, 2.75) is 17.5 Å². The average Bonchev–Trinajstić information content (AvgIpc) is 3.11. The van der Waals surface area contributed by atoms with E-state index in [1.165, 1.54) is 16.7 Å². The predicted octanol–water partition coefficient (Wildman–Crippen LogP) is 3.86. The number of sulfonamides is 1. The molecule has 148 valence electrons. The molecule has 0 saturated carbocycles. The van der Waals surface area contributed by atoms with Gasteiger partial charge >= 0.3 is 0 Å². The maximum absolute atomic E-state index is 12.9. The summed E-state index contributed by atoms with van der Waals surface area (Å²) in [4.78, 5) is 2.80. The monoisotopic (exact) mass is 404 g/mol. The quantitative estimate of drug-likeness (QED) is 0.648. The van der Waals surface area contributed by atoms with Crippen LogP contribution in [0.15, 0.2) is 89.8 Å². The van der Waals surface area contributed by atoms with Crippen LogP contribution >= 0.6 is 0 Å². The number of hydrogen-bond donors (Lipinski definition) is 0. The fourth-order valence-electron chi connectivity index (χ4n) is 4.49. The lowest BCUT2D eigenvalue weighted by atomic mass is 9.91. The average molecular weight is 405 g/mol. The summed E-state index contributed by atoms with van der Waals surface area (Å²) in [5.74, 6) is 0.442. The summed E-state index contributed by atoms with van der Waals surface area (Å²) >= 11 is 0. The van der Waals surface area contributed by atoms with Crippen molar-refractivity contribution in [3.63, 3.8) is 0 Å². The highest BCUT2D eigenvalue weighted by molar-refractivity contribution is 7.89. The molecule has 2 aliphatic rings. The zero-order valence-electron chi connectivity index (χ0n) is 16.2. The maximum Gasteiger partial charge on any atom is 0.243 e. The molecule has 2 atom stereocenters. The Morgan fingerprint density at radius 1 is 0.724 bits per heavy atom.